The number of thioether (sulfide) groups is 1. The molecule has 2 amide bonds. The molecule has 4 aromatic rings. The lowest BCUT2D eigenvalue weighted by atomic mass is 10.1. The molecule has 8 nitrogen and oxygen atoms in total. The van der Waals surface area contributed by atoms with E-state index in [9.17, 15) is 14.4 Å². The standard InChI is InChI=1S/C28H28N4O4S2/c1-4-36-21-11-9-20(10-12-21)32-27(35)25-22-13-14-31(18(3)33)15-23(22)38-26(25)30-28(32)37-16-24(34)29-19-7-5-17(2)6-8-19/h5-12H,4,13-16H2,1-3H3,(H,29,34). The molecule has 3 heterocycles. The lowest BCUT2D eigenvalue weighted by molar-refractivity contribution is -0.129. The van der Waals surface area contributed by atoms with Gasteiger partial charge in [-0.3, -0.25) is 19.0 Å². The van der Waals surface area contributed by atoms with Gasteiger partial charge >= 0.3 is 0 Å². The molecule has 1 N–H and O–H groups in total. The molecule has 0 unspecified atom stereocenters. The highest BCUT2D eigenvalue weighted by Crippen LogP contribution is 2.34. The Kier molecular flexibility index (Phi) is 7.53. The summed E-state index contributed by atoms with van der Waals surface area (Å²) < 4.78 is 7.15. The van der Waals surface area contributed by atoms with Gasteiger partial charge in [0.2, 0.25) is 11.8 Å². The van der Waals surface area contributed by atoms with E-state index in [-0.39, 0.29) is 23.1 Å². The number of nitrogens with zero attached hydrogens (tertiary/aromatic N) is 3. The minimum Gasteiger partial charge on any atom is -0.494 e. The molecule has 1 aliphatic rings. The number of anilines is 1. The largest absolute Gasteiger partial charge is 0.494 e. The van der Waals surface area contributed by atoms with Crippen molar-refractivity contribution in [3.8, 4) is 11.4 Å². The van der Waals surface area contributed by atoms with Crippen molar-refractivity contribution >= 4 is 50.8 Å². The van der Waals surface area contributed by atoms with Crippen LogP contribution in [0, 0.1) is 6.92 Å². The number of aryl methyl sites for hydroxylation is 1. The third-order valence-corrected chi connectivity index (χ3v) is 8.41. The van der Waals surface area contributed by atoms with Gasteiger partial charge in [-0.25, -0.2) is 4.98 Å². The molecule has 0 bridgehead atoms. The van der Waals surface area contributed by atoms with Gasteiger partial charge < -0.3 is 15.0 Å². The van der Waals surface area contributed by atoms with Crippen molar-refractivity contribution in [2.45, 2.75) is 38.9 Å². The molecule has 5 rings (SSSR count). The van der Waals surface area contributed by atoms with Gasteiger partial charge in [0.15, 0.2) is 5.16 Å². The van der Waals surface area contributed by atoms with Crippen molar-refractivity contribution in [3.05, 3.63) is 74.9 Å². The van der Waals surface area contributed by atoms with Crippen LogP contribution in [-0.4, -0.2) is 45.2 Å². The normalized spacial score (nSPS) is 12.9. The summed E-state index contributed by atoms with van der Waals surface area (Å²) >= 11 is 2.67. The Morgan fingerprint density at radius 3 is 2.55 bits per heavy atom. The highest BCUT2D eigenvalue weighted by atomic mass is 32.2. The Labute approximate surface area is 228 Å². The molecular weight excluding hydrogens is 520 g/mol. The fourth-order valence-corrected chi connectivity index (χ4v) is 6.53. The van der Waals surface area contributed by atoms with E-state index < -0.39 is 0 Å². The number of carbonyl (C=O) groups excluding carboxylic acids is 2. The fraction of sp³-hybridized carbons (Fsp3) is 0.286. The minimum atomic E-state index is -0.186. The maximum Gasteiger partial charge on any atom is 0.267 e. The van der Waals surface area contributed by atoms with Crippen LogP contribution in [0.2, 0.25) is 0 Å². The summed E-state index contributed by atoms with van der Waals surface area (Å²) in [5.74, 6) is 0.631. The van der Waals surface area contributed by atoms with Crippen molar-refractivity contribution in [2.24, 2.45) is 0 Å². The van der Waals surface area contributed by atoms with Crippen LogP contribution >= 0.6 is 23.1 Å². The Morgan fingerprint density at radius 1 is 1.13 bits per heavy atom. The number of hydrogen-bond acceptors (Lipinski definition) is 7. The SMILES string of the molecule is CCOc1ccc(-n2c(SCC(=O)Nc3ccc(C)cc3)nc3sc4c(c3c2=O)CCN(C(C)=O)C4)cc1. The number of aromatic nitrogens is 2. The zero-order chi connectivity index (χ0) is 26.8. The molecule has 38 heavy (non-hydrogen) atoms. The molecule has 1 aliphatic heterocycles. The number of ether oxygens (including phenoxy) is 1. The lowest BCUT2D eigenvalue weighted by Crippen LogP contribution is -2.34. The predicted molar refractivity (Wildman–Crippen MR) is 152 cm³/mol. The first-order valence-corrected chi connectivity index (χ1v) is 14.2. The zero-order valence-electron chi connectivity index (χ0n) is 21.4. The van der Waals surface area contributed by atoms with E-state index in [1.165, 1.54) is 23.1 Å². The van der Waals surface area contributed by atoms with Gasteiger partial charge in [0.1, 0.15) is 10.6 Å². The maximum atomic E-state index is 14.0. The van der Waals surface area contributed by atoms with Crippen molar-refractivity contribution in [2.75, 3.05) is 24.2 Å². The van der Waals surface area contributed by atoms with Crippen molar-refractivity contribution < 1.29 is 14.3 Å². The van der Waals surface area contributed by atoms with E-state index in [0.29, 0.717) is 52.9 Å². The first-order chi connectivity index (χ1) is 18.3. The average Bonchev–Trinajstić information content (AvgIpc) is 3.27. The number of carbonyl (C=O) groups is 2. The molecule has 0 fully saturated rings. The van der Waals surface area contributed by atoms with Gasteiger partial charge in [-0.15, -0.1) is 11.3 Å². The molecule has 0 saturated carbocycles. The number of hydrogen-bond donors (Lipinski definition) is 1. The second kappa shape index (κ2) is 11.0. The second-order valence-electron chi connectivity index (χ2n) is 9.04. The highest BCUT2D eigenvalue weighted by Gasteiger charge is 2.26. The maximum absolute atomic E-state index is 14.0. The van der Waals surface area contributed by atoms with Crippen LogP contribution in [0.15, 0.2) is 58.5 Å². The summed E-state index contributed by atoms with van der Waals surface area (Å²) in [7, 11) is 0. The molecule has 10 heteroatoms. The zero-order valence-corrected chi connectivity index (χ0v) is 23.1. The van der Waals surface area contributed by atoms with E-state index >= 15 is 0 Å². The van der Waals surface area contributed by atoms with Crippen LogP contribution in [0.3, 0.4) is 0 Å². The Balaban J connectivity index is 1.52. The molecule has 0 saturated heterocycles. The predicted octanol–water partition coefficient (Wildman–Crippen LogP) is 4.79. The van der Waals surface area contributed by atoms with E-state index in [1.807, 2.05) is 62.4 Å². The van der Waals surface area contributed by atoms with Gasteiger partial charge in [0, 0.05) is 24.0 Å². The quantitative estimate of drug-likeness (QED) is 0.264. The van der Waals surface area contributed by atoms with Gasteiger partial charge in [-0.05, 0) is 62.2 Å². The van der Waals surface area contributed by atoms with E-state index in [0.717, 1.165) is 21.7 Å². The Hall–Kier alpha value is -3.63. The van der Waals surface area contributed by atoms with Gasteiger partial charge in [-0.2, -0.15) is 0 Å². The van der Waals surface area contributed by atoms with Crippen LogP contribution < -0.4 is 15.6 Å². The smallest absolute Gasteiger partial charge is 0.267 e. The van der Waals surface area contributed by atoms with Crippen LogP contribution in [0.1, 0.15) is 29.9 Å². The first-order valence-electron chi connectivity index (χ1n) is 12.4. The Bertz CT molecular complexity index is 1560. The van der Waals surface area contributed by atoms with Crippen LogP contribution in [0.4, 0.5) is 5.69 Å². The van der Waals surface area contributed by atoms with Crippen LogP contribution in [-0.2, 0) is 22.6 Å². The van der Waals surface area contributed by atoms with Gasteiger partial charge in [-0.1, -0.05) is 29.5 Å². The van der Waals surface area contributed by atoms with Gasteiger partial charge in [0.25, 0.3) is 5.56 Å². The highest BCUT2D eigenvalue weighted by molar-refractivity contribution is 7.99. The second-order valence-corrected chi connectivity index (χ2v) is 11.1. The van der Waals surface area contributed by atoms with Crippen molar-refractivity contribution in [1.29, 1.82) is 0 Å². The molecule has 0 radical (unpaired) electrons. The summed E-state index contributed by atoms with van der Waals surface area (Å²) in [6.07, 6.45) is 0.612. The number of thiophene rings is 1. The number of amides is 2. The molecule has 0 spiro atoms. The molecule has 0 aliphatic carbocycles. The third kappa shape index (κ3) is 5.32. The Morgan fingerprint density at radius 2 is 1.87 bits per heavy atom. The summed E-state index contributed by atoms with van der Waals surface area (Å²) in [6.45, 7) is 7.07. The van der Waals surface area contributed by atoms with Crippen LogP contribution in [0.5, 0.6) is 5.75 Å². The molecular formula is C28H28N4O4S2. The summed E-state index contributed by atoms with van der Waals surface area (Å²) in [6, 6.07) is 14.9. The number of nitrogens with one attached hydrogen (secondary N) is 1. The summed E-state index contributed by atoms with van der Waals surface area (Å²) in [5, 5.41) is 3.93. The molecule has 2 aromatic carbocycles. The molecule has 2 aromatic heterocycles. The van der Waals surface area contributed by atoms with E-state index in [4.69, 9.17) is 9.72 Å². The third-order valence-electron chi connectivity index (χ3n) is 6.36. The van der Waals surface area contributed by atoms with Gasteiger partial charge in [0.05, 0.1) is 30.0 Å². The summed E-state index contributed by atoms with van der Waals surface area (Å²) in [5.41, 5.74) is 3.27. The minimum absolute atomic E-state index is 0.0173. The van der Waals surface area contributed by atoms with E-state index in [2.05, 4.69) is 5.32 Å². The number of benzene rings is 2. The fourth-order valence-electron chi connectivity index (χ4n) is 4.44. The average molecular weight is 549 g/mol. The number of rotatable bonds is 7. The first kappa shape index (κ1) is 26.0. The van der Waals surface area contributed by atoms with Crippen LogP contribution in [0.25, 0.3) is 15.9 Å². The van der Waals surface area contributed by atoms with E-state index in [1.54, 1.807) is 16.4 Å². The molecule has 0 atom stereocenters. The summed E-state index contributed by atoms with van der Waals surface area (Å²) in [4.78, 5) is 47.0. The van der Waals surface area contributed by atoms with Crippen molar-refractivity contribution in [1.82, 2.24) is 14.5 Å². The molecule has 196 valence electrons. The monoisotopic (exact) mass is 548 g/mol. The van der Waals surface area contributed by atoms with Crippen molar-refractivity contribution in [3.63, 3.8) is 0 Å². The number of fused-ring (bicyclic) bond motifs is 3. The lowest BCUT2D eigenvalue weighted by Gasteiger charge is -2.25. The topological polar surface area (TPSA) is 93.5 Å².